The quantitative estimate of drug-likeness (QED) is 0.497. The van der Waals surface area contributed by atoms with E-state index in [9.17, 15) is 4.79 Å². The molecule has 1 atom stereocenters. The molecule has 6 heteroatoms. The average Bonchev–Trinajstić information content (AvgIpc) is 2.92. The van der Waals surface area contributed by atoms with Crippen LogP contribution in [0.15, 0.2) is 42.7 Å². The molecule has 2 aromatic rings. The van der Waals surface area contributed by atoms with Gasteiger partial charge in [-0.3, -0.25) is 0 Å². The van der Waals surface area contributed by atoms with Crippen LogP contribution in [0.1, 0.15) is 79.5 Å². The van der Waals surface area contributed by atoms with Crippen LogP contribution in [0.2, 0.25) is 0 Å². The number of aromatic nitrogens is 1. The first kappa shape index (κ1) is 26.2. The van der Waals surface area contributed by atoms with E-state index in [0.717, 1.165) is 68.7 Å². The second kappa shape index (κ2) is 12.4. The Morgan fingerprint density at radius 1 is 1.11 bits per heavy atom. The number of aliphatic hydroxyl groups excluding tert-OH is 1. The molecule has 0 radical (unpaired) electrons. The lowest BCUT2D eigenvalue weighted by molar-refractivity contribution is -0.108. The minimum atomic E-state index is -0.0360. The summed E-state index contributed by atoms with van der Waals surface area (Å²) >= 11 is 0. The molecule has 0 amide bonds. The third-order valence-electron chi connectivity index (χ3n) is 8.37. The molecule has 1 aromatic heterocycles. The van der Waals surface area contributed by atoms with Crippen molar-refractivity contribution in [1.82, 2.24) is 9.88 Å². The first-order chi connectivity index (χ1) is 17.6. The highest BCUT2D eigenvalue weighted by atomic mass is 16.2. The van der Waals surface area contributed by atoms with Crippen LogP contribution in [0.5, 0.6) is 0 Å². The van der Waals surface area contributed by atoms with Crippen molar-refractivity contribution < 1.29 is 9.90 Å². The van der Waals surface area contributed by atoms with Gasteiger partial charge in [-0.05, 0) is 78.7 Å². The summed E-state index contributed by atoms with van der Waals surface area (Å²) in [5.41, 5.74) is 13.3. The molecule has 1 aliphatic carbocycles. The Morgan fingerprint density at radius 2 is 1.92 bits per heavy atom. The molecule has 4 N–H and O–H groups in total. The summed E-state index contributed by atoms with van der Waals surface area (Å²) in [6, 6.07) is 8.74. The summed E-state index contributed by atoms with van der Waals surface area (Å²) in [5.74, 6) is 2.20. The maximum atomic E-state index is 11.6. The van der Waals surface area contributed by atoms with E-state index >= 15 is 0 Å². The van der Waals surface area contributed by atoms with Crippen LogP contribution >= 0.6 is 0 Å². The van der Waals surface area contributed by atoms with E-state index in [-0.39, 0.29) is 5.92 Å². The van der Waals surface area contributed by atoms with E-state index < -0.39 is 0 Å². The molecule has 1 unspecified atom stereocenters. The van der Waals surface area contributed by atoms with Gasteiger partial charge in [0.2, 0.25) is 0 Å². The Morgan fingerprint density at radius 3 is 2.67 bits per heavy atom. The summed E-state index contributed by atoms with van der Waals surface area (Å²) in [6.45, 7) is 7.43. The van der Waals surface area contributed by atoms with Gasteiger partial charge >= 0.3 is 0 Å². The van der Waals surface area contributed by atoms with Crippen LogP contribution in [0.25, 0.3) is 0 Å². The first-order valence-electron chi connectivity index (χ1n) is 13.6. The van der Waals surface area contributed by atoms with E-state index in [2.05, 4.69) is 40.0 Å². The molecule has 8 rings (SSSR count). The van der Waals surface area contributed by atoms with Crippen molar-refractivity contribution in [2.75, 3.05) is 31.2 Å². The Kier molecular flexibility index (Phi) is 9.03. The van der Waals surface area contributed by atoms with Crippen molar-refractivity contribution in [3.63, 3.8) is 0 Å². The standard InChI is InChI=1S/C29H38N4O.CH4O/c1-20-22-7-5-21(6-8-22)4-2-3-13-31-29-28(30)17-25(18-32-29)27(12-15-34)24-10-9-23-11-14-33(20)19-26(23)16-24;1-2/h9-10,15-18,21-22,27H,1-8,11-14,19,30H2,(H,31,32);2H,1H3. The number of hydrogen-bond donors (Lipinski definition) is 3. The normalized spacial score (nSPS) is 24.0. The van der Waals surface area contributed by atoms with Crippen molar-refractivity contribution in [1.29, 1.82) is 0 Å². The minimum absolute atomic E-state index is 0.0360. The zero-order valence-electron chi connectivity index (χ0n) is 21.7. The van der Waals surface area contributed by atoms with Gasteiger partial charge in [0.05, 0.1) is 5.69 Å². The number of nitrogens with one attached hydrogen (secondary N) is 1. The predicted octanol–water partition coefficient (Wildman–Crippen LogP) is 5.27. The van der Waals surface area contributed by atoms with Gasteiger partial charge in [-0.2, -0.15) is 0 Å². The molecular weight excluding hydrogens is 448 g/mol. The zero-order valence-corrected chi connectivity index (χ0v) is 21.7. The number of allylic oxidation sites excluding steroid dienone is 1. The van der Waals surface area contributed by atoms with Gasteiger partial charge < -0.3 is 25.9 Å². The van der Waals surface area contributed by atoms with Crippen LogP contribution < -0.4 is 11.1 Å². The van der Waals surface area contributed by atoms with Crippen LogP contribution in [-0.4, -0.2) is 41.5 Å². The molecule has 1 saturated carbocycles. The Hall–Kier alpha value is -2.86. The van der Waals surface area contributed by atoms with Crippen LogP contribution in [-0.2, 0) is 17.8 Å². The molecule has 6 aliphatic rings. The number of rotatable bonds is 2. The number of benzene rings is 1. The number of nitrogen functional groups attached to an aromatic ring is 1. The topological polar surface area (TPSA) is 91.5 Å². The number of carbonyl (C=O) groups is 1. The fourth-order valence-electron chi connectivity index (χ4n) is 6.24. The van der Waals surface area contributed by atoms with Crippen molar-refractivity contribution >= 4 is 17.8 Å². The molecular formula is C30H42N4O2. The summed E-state index contributed by atoms with van der Waals surface area (Å²) in [6.07, 6.45) is 13.3. The number of carbonyl (C=O) groups excluding carboxylic acids is 1. The summed E-state index contributed by atoms with van der Waals surface area (Å²) < 4.78 is 0. The number of anilines is 2. The lowest BCUT2D eigenvalue weighted by Gasteiger charge is -2.38. The lowest BCUT2D eigenvalue weighted by Crippen LogP contribution is -2.33. The number of hydrogen-bond acceptors (Lipinski definition) is 6. The van der Waals surface area contributed by atoms with Crippen molar-refractivity contribution in [3.05, 3.63) is 65.0 Å². The molecule has 194 valence electrons. The number of aliphatic hydroxyl groups is 1. The molecule has 0 spiro atoms. The molecule has 1 fully saturated rings. The number of nitrogens with zero attached hydrogens (tertiary/aromatic N) is 2. The Balaban J connectivity index is 0.00000148. The van der Waals surface area contributed by atoms with Gasteiger partial charge in [0.15, 0.2) is 0 Å². The summed E-state index contributed by atoms with van der Waals surface area (Å²) in [7, 11) is 1.00. The van der Waals surface area contributed by atoms with Crippen LogP contribution in [0.3, 0.4) is 0 Å². The largest absolute Gasteiger partial charge is 0.400 e. The predicted molar refractivity (Wildman–Crippen MR) is 147 cm³/mol. The zero-order chi connectivity index (χ0) is 25.5. The van der Waals surface area contributed by atoms with Gasteiger partial charge in [-0.15, -0.1) is 0 Å². The third-order valence-corrected chi connectivity index (χ3v) is 8.37. The van der Waals surface area contributed by atoms with E-state index in [4.69, 9.17) is 10.8 Å². The monoisotopic (exact) mass is 490 g/mol. The lowest BCUT2D eigenvalue weighted by atomic mass is 9.78. The maximum Gasteiger partial charge on any atom is 0.149 e. The fraction of sp³-hybridized carbons (Fsp3) is 0.533. The van der Waals surface area contributed by atoms with Gasteiger partial charge in [0.25, 0.3) is 0 Å². The molecule has 7 bridgehead atoms. The fourth-order valence-corrected chi connectivity index (χ4v) is 6.24. The second-order valence-corrected chi connectivity index (χ2v) is 10.5. The Bertz CT molecular complexity index is 1050. The molecule has 1 aromatic carbocycles. The van der Waals surface area contributed by atoms with Gasteiger partial charge in [0, 0.05) is 51.0 Å². The summed E-state index contributed by atoms with van der Waals surface area (Å²) in [4.78, 5) is 18.8. The summed E-state index contributed by atoms with van der Waals surface area (Å²) in [5, 5.41) is 10.4. The van der Waals surface area contributed by atoms with Crippen LogP contribution in [0.4, 0.5) is 11.5 Å². The van der Waals surface area contributed by atoms with E-state index in [1.807, 2.05) is 12.3 Å². The molecule has 0 saturated heterocycles. The highest BCUT2D eigenvalue weighted by molar-refractivity contribution is 5.63. The minimum Gasteiger partial charge on any atom is -0.400 e. The molecule has 36 heavy (non-hydrogen) atoms. The van der Waals surface area contributed by atoms with E-state index in [1.54, 1.807) is 0 Å². The van der Waals surface area contributed by atoms with Gasteiger partial charge in [-0.25, -0.2) is 4.98 Å². The molecule has 5 aliphatic heterocycles. The number of aldehydes is 1. The van der Waals surface area contributed by atoms with Crippen molar-refractivity contribution in [3.8, 4) is 0 Å². The molecule has 6 heterocycles. The first-order valence-corrected chi connectivity index (χ1v) is 13.6. The third kappa shape index (κ3) is 5.92. The second-order valence-electron chi connectivity index (χ2n) is 10.5. The van der Waals surface area contributed by atoms with E-state index in [1.165, 1.54) is 55.3 Å². The van der Waals surface area contributed by atoms with E-state index in [0.29, 0.717) is 18.0 Å². The van der Waals surface area contributed by atoms with Crippen LogP contribution in [0, 0.1) is 11.8 Å². The average molecular weight is 491 g/mol. The van der Waals surface area contributed by atoms with Gasteiger partial charge in [-0.1, -0.05) is 37.6 Å². The SMILES string of the molecule is C=C1C2CCC(CCCCNc3ncc(cc3N)C(CC=O)c3ccc4c(c3)CN1CC4)CC2.CO. The Labute approximate surface area is 216 Å². The smallest absolute Gasteiger partial charge is 0.149 e. The molecule has 6 nitrogen and oxygen atoms in total. The maximum absolute atomic E-state index is 11.6. The highest BCUT2D eigenvalue weighted by Crippen LogP contribution is 2.38. The van der Waals surface area contributed by atoms with Gasteiger partial charge in [0.1, 0.15) is 12.1 Å². The van der Waals surface area contributed by atoms with Crippen molar-refractivity contribution in [2.45, 2.75) is 70.3 Å². The number of nitrogens with two attached hydrogens (primary N) is 1. The number of pyridine rings is 1. The highest BCUT2D eigenvalue weighted by Gasteiger charge is 2.28. The van der Waals surface area contributed by atoms with Crippen molar-refractivity contribution in [2.24, 2.45) is 11.8 Å².